The molecule has 0 amide bonds. The van der Waals surface area contributed by atoms with Crippen LogP contribution in [0.5, 0.6) is 0 Å². The first-order valence-electron chi connectivity index (χ1n) is 8.86. The number of hydrogen-bond acceptors (Lipinski definition) is 7. The molecule has 1 aliphatic rings. The summed E-state index contributed by atoms with van der Waals surface area (Å²) in [6, 6.07) is 8.69. The number of rotatable bonds is 6. The van der Waals surface area contributed by atoms with Crippen LogP contribution in [0, 0.1) is 0 Å². The molecule has 0 spiro atoms. The number of methoxy groups -OCH3 is 1. The van der Waals surface area contributed by atoms with Crippen molar-refractivity contribution in [3.8, 4) is 0 Å². The van der Waals surface area contributed by atoms with Crippen molar-refractivity contribution < 1.29 is 31.9 Å². The number of carbonyl (C=O) groups excluding carboxylic acids is 2. The van der Waals surface area contributed by atoms with Gasteiger partial charge < -0.3 is 13.9 Å². The Morgan fingerprint density at radius 1 is 1.07 bits per heavy atom. The minimum atomic E-state index is -3.64. The molecule has 0 radical (unpaired) electrons. The molecule has 1 aliphatic heterocycles. The summed E-state index contributed by atoms with van der Waals surface area (Å²) in [5, 5.41) is 0. The summed E-state index contributed by atoms with van der Waals surface area (Å²) in [5.74, 6) is -1.05. The van der Waals surface area contributed by atoms with E-state index in [0.29, 0.717) is 13.1 Å². The van der Waals surface area contributed by atoms with Crippen LogP contribution >= 0.6 is 0 Å². The standard InChI is InChI=1S/C19H21NO7S/c1-25-19(22)17-9-8-15(27-17)13-26-18(21)14-6-5-7-16(12-14)28(23,24)20-10-3-2-4-11-20/h5-9,12H,2-4,10-11,13H2,1H3. The lowest BCUT2D eigenvalue weighted by Crippen LogP contribution is -2.35. The predicted octanol–water partition coefficient (Wildman–Crippen LogP) is 2.60. The smallest absolute Gasteiger partial charge is 0.373 e. The molecule has 9 heteroatoms. The van der Waals surface area contributed by atoms with Crippen molar-refractivity contribution in [3.63, 3.8) is 0 Å². The van der Waals surface area contributed by atoms with E-state index in [-0.39, 0.29) is 28.6 Å². The number of nitrogens with zero attached hydrogens (tertiary/aromatic N) is 1. The second kappa shape index (κ2) is 8.57. The lowest BCUT2D eigenvalue weighted by molar-refractivity contribution is 0.0438. The van der Waals surface area contributed by atoms with Crippen molar-refractivity contribution in [3.05, 3.63) is 53.5 Å². The number of benzene rings is 1. The number of furan rings is 1. The molecular formula is C19H21NO7S. The molecule has 2 heterocycles. The average molecular weight is 407 g/mol. The van der Waals surface area contributed by atoms with E-state index in [9.17, 15) is 18.0 Å². The summed E-state index contributed by atoms with van der Waals surface area (Å²) < 4.78 is 41.9. The Morgan fingerprint density at radius 2 is 1.82 bits per heavy atom. The first-order chi connectivity index (χ1) is 13.4. The van der Waals surface area contributed by atoms with E-state index in [1.807, 2.05) is 0 Å². The Balaban J connectivity index is 1.68. The predicted molar refractivity (Wildman–Crippen MR) is 98.2 cm³/mol. The minimum Gasteiger partial charge on any atom is -0.463 e. The van der Waals surface area contributed by atoms with Crippen LogP contribution in [0.1, 0.15) is 45.9 Å². The second-order valence-corrected chi connectivity index (χ2v) is 8.26. The van der Waals surface area contributed by atoms with E-state index >= 15 is 0 Å². The van der Waals surface area contributed by atoms with Gasteiger partial charge in [-0.1, -0.05) is 12.5 Å². The Bertz CT molecular complexity index is 958. The number of ether oxygens (including phenoxy) is 2. The molecule has 28 heavy (non-hydrogen) atoms. The molecule has 0 N–H and O–H groups in total. The minimum absolute atomic E-state index is 0.00294. The summed E-state index contributed by atoms with van der Waals surface area (Å²) in [6.45, 7) is 0.773. The van der Waals surface area contributed by atoms with E-state index in [1.54, 1.807) is 0 Å². The maximum Gasteiger partial charge on any atom is 0.373 e. The van der Waals surface area contributed by atoms with Gasteiger partial charge in [-0.3, -0.25) is 0 Å². The zero-order chi connectivity index (χ0) is 20.1. The molecule has 0 bridgehead atoms. The van der Waals surface area contributed by atoms with Gasteiger partial charge in [-0.15, -0.1) is 0 Å². The molecule has 0 aliphatic carbocycles. The fraction of sp³-hybridized carbons (Fsp3) is 0.368. The lowest BCUT2D eigenvalue weighted by atomic mass is 10.2. The molecule has 1 fully saturated rings. The third kappa shape index (κ3) is 4.42. The fourth-order valence-corrected chi connectivity index (χ4v) is 4.49. The van der Waals surface area contributed by atoms with Crippen molar-refractivity contribution >= 4 is 22.0 Å². The highest BCUT2D eigenvalue weighted by molar-refractivity contribution is 7.89. The van der Waals surface area contributed by atoms with Crippen molar-refractivity contribution in [1.29, 1.82) is 0 Å². The lowest BCUT2D eigenvalue weighted by Gasteiger charge is -2.25. The Kier molecular flexibility index (Phi) is 6.15. The van der Waals surface area contributed by atoms with Gasteiger partial charge in [0.2, 0.25) is 15.8 Å². The van der Waals surface area contributed by atoms with E-state index in [1.165, 1.54) is 47.8 Å². The number of hydrogen-bond donors (Lipinski definition) is 0. The van der Waals surface area contributed by atoms with Crippen LogP contribution in [-0.2, 0) is 26.1 Å². The first-order valence-corrected chi connectivity index (χ1v) is 10.3. The number of piperidine rings is 1. The fourth-order valence-electron chi connectivity index (χ4n) is 2.92. The van der Waals surface area contributed by atoms with Crippen molar-refractivity contribution in [2.45, 2.75) is 30.8 Å². The van der Waals surface area contributed by atoms with Crippen molar-refractivity contribution in [2.75, 3.05) is 20.2 Å². The van der Waals surface area contributed by atoms with E-state index < -0.39 is 22.0 Å². The first kappa shape index (κ1) is 20.1. The SMILES string of the molecule is COC(=O)c1ccc(COC(=O)c2cccc(S(=O)(=O)N3CCCCC3)c2)o1. The van der Waals surface area contributed by atoms with Gasteiger partial charge in [0.25, 0.3) is 0 Å². The third-order valence-corrected chi connectivity index (χ3v) is 6.31. The Hall–Kier alpha value is -2.65. The van der Waals surface area contributed by atoms with Gasteiger partial charge in [0.05, 0.1) is 17.6 Å². The highest BCUT2D eigenvalue weighted by Crippen LogP contribution is 2.22. The highest BCUT2D eigenvalue weighted by atomic mass is 32.2. The molecule has 1 aromatic heterocycles. The quantitative estimate of drug-likeness (QED) is 0.678. The normalized spacial score (nSPS) is 15.2. The van der Waals surface area contributed by atoms with E-state index in [0.717, 1.165) is 19.3 Å². The molecule has 3 rings (SSSR count). The largest absolute Gasteiger partial charge is 0.463 e. The monoisotopic (exact) mass is 407 g/mol. The summed E-state index contributed by atoms with van der Waals surface area (Å²) >= 11 is 0. The zero-order valence-electron chi connectivity index (χ0n) is 15.4. The van der Waals surface area contributed by atoms with Gasteiger partial charge in [0, 0.05) is 13.1 Å². The van der Waals surface area contributed by atoms with Gasteiger partial charge in [0.1, 0.15) is 12.4 Å². The number of esters is 2. The topological polar surface area (TPSA) is 103 Å². The molecule has 8 nitrogen and oxygen atoms in total. The molecule has 1 aromatic carbocycles. The van der Waals surface area contributed by atoms with Crippen LogP contribution in [-0.4, -0.2) is 44.9 Å². The molecule has 2 aromatic rings. The molecule has 150 valence electrons. The Labute approximate surface area is 163 Å². The molecular weight excluding hydrogens is 386 g/mol. The molecule has 1 saturated heterocycles. The van der Waals surface area contributed by atoms with Gasteiger partial charge >= 0.3 is 11.9 Å². The maximum absolute atomic E-state index is 12.8. The molecule has 0 unspecified atom stereocenters. The van der Waals surface area contributed by atoms with E-state index in [4.69, 9.17) is 9.15 Å². The third-order valence-electron chi connectivity index (χ3n) is 4.42. The van der Waals surface area contributed by atoms with Crippen LogP contribution < -0.4 is 0 Å². The van der Waals surface area contributed by atoms with Gasteiger partial charge in [-0.2, -0.15) is 4.31 Å². The average Bonchev–Trinajstić information content (AvgIpc) is 3.21. The van der Waals surface area contributed by atoms with Crippen molar-refractivity contribution in [2.24, 2.45) is 0 Å². The van der Waals surface area contributed by atoms with Crippen molar-refractivity contribution in [1.82, 2.24) is 4.31 Å². The van der Waals surface area contributed by atoms with Crippen LogP contribution in [0.15, 0.2) is 45.7 Å². The highest BCUT2D eigenvalue weighted by Gasteiger charge is 2.26. The summed E-state index contributed by atoms with van der Waals surface area (Å²) in [5.41, 5.74) is 0.123. The number of sulfonamides is 1. The summed E-state index contributed by atoms with van der Waals surface area (Å²) in [6.07, 6.45) is 2.68. The molecule has 0 atom stereocenters. The van der Waals surface area contributed by atoms with Gasteiger partial charge in [0.15, 0.2) is 0 Å². The Morgan fingerprint density at radius 3 is 2.54 bits per heavy atom. The number of carbonyl (C=O) groups is 2. The van der Waals surface area contributed by atoms with E-state index in [2.05, 4.69) is 4.74 Å². The van der Waals surface area contributed by atoms with Crippen LogP contribution in [0.25, 0.3) is 0 Å². The van der Waals surface area contributed by atoms with Crippen LogP contribution in [0.2, 0.25) is 0 Å². The maximum atomic E-state index is 12.8. The van der Waals surface area contributed by atoms with Gasteiger partial charge in [-0.25, -0.2) is 18.0 Å². The zero-order valence-corrected chi connectivity index (χ0v) is 16.2. The van der Waals surface area contributed by atoms with Gasteiger partial charge in [-0.05, 0) is 43.2 Å². The summed E-state index contributed by atoms with van der Waals surface area (Å²) in [4.78, 5) is 23.7. The van der Waals surface area contributed by atoms with Crippen LogP contribution in [0.4, 0.5) is 0 Å². The summed E-state index contributed by atoms with van der Waals surface area (Å²) in [7, 11) is -2.41. The second-order valence-electron chi connectivity index (χ2n) is 6.33. The molecule has 0 saturated carbocycles. The van der Waals surface area contributed by atoms with Crippen LogP contribution in [0.3, 0.4) is 0 Å².